The molecule has 2 heterocycles. The summed E-state index contributed by atoms with van der Waals surface area (Å²) in [6.45, 7) is 5.08. The third kappa shape index (κ3) is 2.72. The van der Waals surface area contributed by atoms with Gasteiger partial charge in [-0.1, -0.05) is 25.1 Å². The van der Waals surface area contributed by atoms with Gasteiger partial charge in [0.1, 0.15) is 5.82 Å². The number of hydrogen-bond donors (Lipinski definition) is 1. The van der Waals surface area contributed by atoms with Crippen LogP contribution in [0.5, 0.6) is 0 Å². The summed E-state index contributed by atoms with van der Waals surface area (Å²) in [5, 5.41) is 3.36. The zero-order valence-corrected chi connectivity index (χ0v) is 12.4. The first-order valence-corrected chi connectivity index (χ1v) is 7.35. The van der Waals surface area contributed by atoms with Crippen molar-refractivity contribution in [3.05, 3.63) is 42.5 Å². The van der Waals surface area contributed by atoms with E-state index in [1.165, 1.54) is 0 Å². The monoisotopic (exact) mass is 281 g/mol. The van der Waals surface area contributed by atoms with Crippen LogP contribution in [0, 0.1) is 0 Å². The van der Waals surface area contributed by atoms with Crippen molar-refractivity contribution in [2.24, 2.45) is 0 Å². The first kappa shape index (κ1) is 13.5. The summed E-state index contributed by atoms with van der Waals surface area (Å²) in [6.07, 6.45) is 3.72. The SMILES string of the molecule is CCCc1nc(Nc2ccccc2)c2ncn(CC)c2n1. The minimum atomic E-state index is 0.779. The number of nitrogens with one attached hydrogen (secondary N) is 1. The molecule has 3 rings (SSSR count). The average Bonchev–Trinajstić information content (AvgIpc) is 2.92. The zero-order chi connectivity index (χ0) is 14.7. The largest absolute Gasteiger partial charge is 0.338 e. The van der Waals surface area contributed by atoms with Crippen LogP contribution < -0.4 is 5.32 Å². The topological polar surface area (TPSA) is 55.6 Å². The highest BCUT2D eigenvalue weighted by Gasteiger charge is 2.12. The fourth-order valence-electron chi connectivity index (χ4n) is 2.30. The van der Waals surface area contributed by atoms with Crippen molar-refractivity contribution in [3.63, 3.8) is 0 Å². The molecule has 0 radical (unpaired) electrons. The van der Waals surface area contributed by atoms with E-state index in [1.54, 1.807) is 0 Å². The number of hydrogen-bond acceptors (Lipinski definition) is 4. The highest BCUT2D eigenvalue weighted by molar-refractivity contribution is 5.85. The Kier molecular flexibility index (Phi) is 3.81. The van der Waals surface area contributed by atoms with Gasteiger partial charge in [-0.15, -0.1) is 0 Å². The normalized spacial score (nSPS) is 11.0. The minimum Gasteiger partial charge on any atom is -0.338 e. The summed E-state index contributed by atoms with van der Waals surface area (Å²) in [5.41, 5.74) is 2.72. The number of aromatic nitrogens is 4. The molecule has 0 bridgehead atoms. The number of fused-ring (bicyclic) bond motifs is 1. The molecule has 108 valence electrons. The van der Waals surface area contributed by atoms with E-state index in [-0.39, 0.29) is 0 Å². The van der Waals surface area contributed by atoms with Gasteiger partial charge in [-0.25, -0.2) is 15.0 Å². The first-order valence-electron chi connectivity index (χ1n) is 7.35. The molecule has 21 heavy (non-hydrogen) atoms. The van der Waals surface area contributed by atoms with Crippen LogP contribution in [0.3, 0.4) is 0 Å². The Bertz CT molecular complexity index is 733. The molecule has 0 saturated carbocycles. The van der Waals surface area contributed by atoms with Gasteiger partial charge in [0.05, 0.1) is 6.33 Å². The minimum absolute atomic E-state index is 0.779. The van der Waals surface area contributed by atoms with Crippen LogP contribution in [0.1, 0.15) is 26.1 Å². The Morgan fingerprint density at radius 3 is 2.62 bits per heavy atom. The highest BCUT2D eigenvalue weighted by Crippen LogP contribution is 2.23. The summed E-state index contributed by atoms with van der Waals surface area (Å²) < 4.78 is 2.05. The second kappa shape index (κ2) is 5.91. The van der Waals surface area contributed by atoms with Crippen molar-refractivity contribution < 1.29 is 0 Å². The number of nitrogens with zero attached hydrogens (tertiary/aromatic N) is 4. The van der Waals surface area contributed by atoms with E-state index in [2.05, 4.69) is 34.1 Å². The van der Waals surface area contributed by atoms with Gasteiger partial charge in [-0.2, -0.15) is 0 Å². The van der Waals surface area contributed by atoms with Gasteiger partial charge in [-0.3, -0.25) is 0 Å². The van der Waals surface area contributed by atoms with E-state index >= 15 is 0 Å². The first-order chi connectivity index (χ1) is 10.3. The Morgan fingerprint density at radius 1 is 1.10 bits per heavy atom. The van der Waals surface area contributed by atoms with Crippen molar-refractivity contribution >= 4 is 22.7 Å². The number of imidazole rings is 1. The maximum atomic E-state index is 4.65. The third-order valence-electron chi connectivity index (χ3n) is 3.36. The van der Waals surface area contributed by atoms with E-state index in [9.17, 15) is 0 Å². The smallest absolute Gasteiger partial charge is 0.165 e. The molecule has 0 amide bonds. The molecule has 1 N–H and O–H groups in total. The summed E-state index contributed by atoms with van der Waals surface area (Å²) in [7, 11) is 0. The van der Waals surface area contributed by atoms with E-state index < -0.39 is 0 Å². The van der Waals surface area contributed by atoms with E-state index in [0.717, 1.165) is 47.9 Å². The second-order valence-electron chi connectivity index (χ2n) is 4.93. The summed E-state index contributed by atoms with van der Waals surface area (Å²) >= 11 is 0. The number of anilines is 2. The fourth-order valence-corrected chi connectivity index (χ4v) is 2.30. The third-order valence-corrected chi connectivity index (χ3v) is 3.36. The molecular formula is C16H19N5. The molecule has 3 aromatic rings. The lowest BCUT2D eigenvalue weighted by molar-refractivity contribution is 0.767. The molecule has 0 aliphatic heterocycles. The fraction of sp³-hybridized carbons (Fsp3) is 0.312. The summed E-state index contributed by atoms with van der Waals surface area (Å²) in [6, 6.07) is 10.0. The molecule has 5 heteroatoms. The van der Waals surface area contributed by atoms with E-state index in [0.29, 0.717) is 0 Å². The molecule has 0 atom stereocenters. The van der Waals surface area contributed by atoms with Gasteiger partial charge < -0.3 is 9.88 Å². The van der Waals surface area contributed by atoms with Crippen molar-refractivity contribution in [3.8, 4) is 0 Å². The molecule has 1 aromatic carbocycles. The van der Waals surface area contributed by atoms with Gasteiger partial charge in [-0.05, 0) is 25.5 Å². The summed E-state index contributed by atoms with van der Waals surface area (Å²) in [4.78, 5) is 13.7. The lowest BCUT2D eigenvalue weighted by Gasteiger charge is -2.08. The molecule has 0 aliphatic carbocycles. The molecule has 0 unspecified atom stereocenters. The van der Waals surface area contributed by atoms with Crippen molar-refractivity contribution in [1.82, 2.24) is 19.5 Å². The lowest BCUT2D eigenvalue weighted by Crippen LogP contribution is -2.03. The van der Waals surface area contributed by atoms with Crippen LogP contribution in [0.2, 0.25) is 0 Å². The van der Waals surface area contributed by atoms with Crippen molar-refractivity contribution in [2.45, 2.75) is 33.2 Å². The molecular weight excluding hydrogens is 262 g/mol. The standard InChI is InChI=1S/C16H19N5/c1-3-8-13-19-15(18-12-9-6-5-7-10-12)14-16(20-13)21(4-2)11-17-14/h5-7,9-11H,3-4,8H2,1-2H3,(H,18,19,20). The summed E-state index contributed by atoms with van der Waals surface area (Å²) in [5.74, 6) is 1.64. The number of aryl methyl sites for hydroxylation is 2. The Labute approximate surface area is 124 Å². The van der Waals surface area contributed by atoms with E-state index in [1.807, 2.05) is 41.2 Å². The van der Waals surface area contributed by atoms with Crippen molar-refractivity contribution in [1.29, 1.82) is 0 Å². The average molecular weight is 281 g/mol. The molecule has 5 nitrogen and oxygen atoms in total. The van der Waals surface area contributed by atoms with Gasteiger partial charge in [0, 0.05) is 18.7 Å². The van der Waals surface area contributed by atoms with Crippen LogP contribution >= 0.6 is 0 Å². The molecule has 0 aliphatic rings. The quantitative estimate of drug-likeness (QED) is 0.777. The van der Waals surface area contributed by atoms with Gasteiger partial charge in [0.2, 0.25) is 0 Å². The predicted molar refractivity (Wildman–Crippen MR) is 84.7 cm³/mol. The Morgan fingerprint density at radius 2 is 1.90 bits per heavy atom. The predicted octanol–water partition coefficient (Wildman–Crippen LogP) is 3.54. The number of benzene rings is 1. The molecule has 0 fully saturated rings. The maximum Gasteiger partial charge on any atom is 0.165 e. The zero-order valence-electron chi connectivity index (χ0n) is 12.4. The van der Waals surface area contributed by atoms with Crippen molar-refractivity contribution in [2.75, 3.05) is 5.32 Å². The Hall–Kier alpha value is -2.43. The van der Waals surface area contributed by atoms with Crippen LogP contribution in [-0.2, 0) is 13.0 Å². The van der Waals surface area contributed by atoms with E-state index in [4.69, 9.17) is 0 Å². The molecule has 2 aromatic heterocycles. The lowest BCUT2D eigenvalue weighted by atomic mass is 10.3. The van der Waals surface area contributed by atoms with Gasteiger partial charge in [0.25, 0.3) is 0 Å². The van der Waals surface area contributed by atoms with Crippen LogP contribution in [0.15, 0.2) is 36.7 Å². The van der Waals surface area contributed by atoms with Crippen LogP contribution in [0.4, 0.5) is 11.5 Å². The van der Waals surface area contributed by atoms with Crippen LogP contribution in [-0.4, -0.2) is 19.5 Å². The Balaban J connectivity index is 2.09. The molecule has 0 spiro atoms. The van der Waals surface area contributed by atoms with Gasteiger partial charge >= 0.3 is 0 Å². The van der Waals surface area contributed by atoms with Gasteiger partial charge in [0.15, 0.2) is 17.0 Å². The highest BCUT2D eigenvalue weighted by atomic mass is 15.2. The number of rotatable bonds is 5. The second-order valence-corrected chi connectivity index (χ2v) is 4.93. The van der Waals surface area contributed by atoms with Crippen LogP contribution in [0.25, 0.3) is 11.2 Å². The maximum absolute atomic E-state index is 4.65. The number of para-hydroxylation sites is 1. The molecule has 0 saturated heterocycles.